The number of nitrogens with zero attached hydrogens (tertiary/aromatic N) is 1. The summed E-state index contributed by atoms with van der Waals surface area (Å²) < 4.78 is 38.3. The summed E-state index contributed by atoms with van der Waals surface area (Å²) >= 11 is 4.78. The van der Waals surface area contributed by atoms with Crippen molar-refractivity contribution >= 4 is 17.6 Å². The van der Waals surface area contributed by atoms with Crippen LogP contribution in [-0.2, 0) is 11.8 Å². The number of nitrogens with one attached hydrogen (secondary N) is 1. The van der Waals surface area contributed by atoms with E-state index in [0.717, 1.165) is 49.2 Å². The van der Waals surface area contributed by atoms with Crippen molar-refractivity contribution in [3.63, 3.8) is 0 Å². The highest BCUT2D eigenvalue weighted by Gasteiger charge is 2.48. The zero-order chi connectivity index (χ0) is 27.6. The predicted octanol–water partition coefficient (Wildman–Crippen LogP) is 5.62. The van der Waals surface area contributed by atoms with Gasteiger partial charge in [-0.15, -0.1) is 0 Å². The molecule has 0 heterocycles. The van der Waals surface area contributed by atoms with Crippen LogP contribution in [0.1, 0.15) is 50.2 Å². The summed E-state index contributed by atoms with van der Waals surface area (Å²) in [6, 6.07) is 6.42. The summed E-state index contributed by atoms with van der Waals surface area (Å²) in [5, 5.41) is 4.74. The number of hydrogen-bond acceptors (Lipinski definition) is 5. The van der Waals surface area contributed by atoms with Gasteiger partial charge in [0.15, 0.2) is 0 Å². The van der Waals surface area contributed by atoms with Gasteiger partial charge in [0.2, 0.25) is 0 Å². The highest BCUT2D eigenvalue weighted by atomic mass is 32.1. The lowest BCUT2D eigenvalue weighted by Gasteiger charge is -2.34. The zero-order valence-electron chi connectivity index (χ0n) is 21.5. The second-order valence-electron chi connectivity index (χ2n) is 9.48. The first-order valence-corrected chi connectivity index (χ1v) is 12.8. The van der Waals surface area contributed by atoms with Crippen LogP contribution in [0.2, 0.25) is 0 Å². The van der Waals surface area contributed by atoms with Gasteiger partial charge in [-0.1, -0.05) is 75.5 Å². The lowest BCUT2D eigenvalue weighted by atomic mass is 9.90. The van der Waals surface area contributed by atoms with Crippen molar-refractivity contribution in [2.45, 2.75) is 63.1 Å². The van der Waals surface area contributed by atoms with Crippen LogP contribution in [0.4, 0.5) is 13.2 Å². The molecular formula is C29H37F3N4S. The van der Waals surface area contributed by atoms with Crippen LogP contribution in [0.3, 0.4) is 0 Å². The molecule has 0 amide bonds. The monoisotopic (exact) mass is 530 g/mol. The van der Waals surface area contributed by atoms with Crippen molar-refractivity contribution in [2.24, 2.45) is 11.5 Å². The van der Waals surface area contributed by atoms with Crippen LogP contribution in [0.15, 0.2) is 72.9 Å². The SMILES string of the molecule is C=C(N)CC(C#C/C(N)=C/C=S)NC(=C)CN(CCCC)C(=C)C1(c2ccc(CC(F)(F)F)cc2)CC1. The molecule has 1 unspecified atom stereocenters. The van der Waals surface area contributed by atoms with E-state index in [9.17, 15) is 13.2 Å². The van der Waals surface area contributed by atoms with E-state index in [1.165, 1.54) is 5.37 Å². The van der Waals surface area contributed by atoms with Gasteiger partial charge in [-0.3, -0.25) is 0 Å². The second kappa shape index (κ2) is 13.4. The largest absolute Gasteiger partial charge is 0.402 e. The molecule has 0 radical (unpaired) electrons. The van der Waals surface area contributed by atoms with Crippen molar-refractivity contribution in [2.75, 3.05) is 13.1 Å². The van der Waals surface area contributed by atoms with Gasteiger partial charge in [0.05, 0.1) is 24.7 Å². The Morgan fingerprint density at radius 3 is 2.38 bits per heavy atom. The molecule has 0 aliphatic heterocycles. The Kier molecular flexibility index (Phi) is 10.9. The van der Waals surface area contributed by atoms with E-state index in [0.29, 0.717) is 24.4 Å². The molecule has 0 bridgehead atoms. The molecule has 1 saturated carbocycles. The lowest BCUT2D eigenvalue weighted by molar-refractivity contribution is -0.127. The quantitative estimate of drug-likeness (QED) is 0.166. The van der Waals surface area contributed by atoms with Crippen molar-refractivity contribution in [1.82, 2.24) is 10.2 Å². The number of alkyl halides is 3. The van der Waals surface area contributed by atoms with E-state index in [1.54, 1.807) is 30.3 Å². The predicted molar refractivity (Wildman–Crippen MR) is 150 cm³/mol. The van der Waals surface area contributed by atoms with Crippen LogP contribution in [0, 0.1) is 11.8 Å². The molecule has 8 heteroatoms. The fourth-order valence-corrected chi connectivity index (χ4v) is 4.36. The summed E-state index contributed by atoms with van der Waals surface area (Å²) in [6.07, 6.45) is 0.593. The molecule has 5 N–H and O–H groups in total. The van der Waals surface area contributed by atoms with Crippen molar-refractivity contribution in [3.05, 3.63) is 84.0 Å². The molecule has 0 spiro atoms. The van der Waals surface area contributed by atoms with Crippen LogP contribution in [0.5, 0.6) is 0 Å². The molecule has 1 aliphatic rings. The molecule has 2 rings (SSSR count). The van der Waals surface area contributed by atoms with Crippen LogP contribution in [0.25, 0.3) is 0 Å². The number of benzene rings is 1. The number of unbranched alkanes of at least 4 members (excludes halogenated alkanes) is 1. The van der Waals surface area contributed by atoms with Crippen molar-refractivity contribution < 1.29 is 13.2 Å². The fraction of sp³-hybridized carbons (Fsp3) is 0.414. The molecule has 0 saturated heterocycles. The standard InChI is InChI=1S/C29H37F3N4S/c1-5-6-16-36(20-22(3)35-27(18-21(2)33)12-11-26(34)13-17-37)23(4)28(14-15-28)25-9-7-24(8-10-25)19-29(30,31)32/h7-10,13,17,27,35H,2-6,14-16,18-20,33-34H2,1H3/b26-13-. The van der Waals surface area contributed by atoms with Crippen molar-refractivity contribution in [1.29, 1.82) is 0 Å². The Labute approximate surface area is 224 Å². The molecule has 200 valence electrons. The normalized spacial score (nSPS) is 15.1. The summed E-state index contributed by atoms with van der Waals surface area (Å²) in [5.41, 5.74) is 15.2. The summed E-state index contributed by atoms with van der Waals surface area (Å²) in [7, 11) is 0. The fourth-order valence-electron chi connectivity index (χ4n) is 4.21. The number of hydrogen-bond donors (Lipinski definition) is 3. The number of rotatable bonds is 14. The maximum atomic E-state index is 12.8. The van der Waals surface area contributed by atoms with Gasteiger partial charge in [0.1, 0.15) is 0 Å². The number of thiocarbonyl (C=S) groups is 1. The van der Waals surface area contributed by atoms with Gasteiger partial charge >= 0.3 is 6.18 Å². The molecule has 4 nitrogen and oxygen atoms in total. The smallest absolute Gasteiger partial charge is 0.393 e. The lowest BCUT2D eigenvalue weighted by Crippen LogP contribution is -2.37. The Morgan fingerprint density at radius 1 is 1.22 bits per heavy atom. The molecule has 1 fully saturated rings. The van der Waals surface area contributed by atoms with E-state index < -0.39 is 12.6 Å². The van der Waals surface area contributed by atoms with Crippen LogP contribution >= 0.6 is 12.2 Å². The molecular weight excluding hydrogens is 493 g/mol. The maximum absolute atomic E-state index is 12.8. The van der Waals surface area contributed by atoms with Gasteiger partial charge in [-0.2, -0.15) is 13.2 Å². The average molecular weight is 531 g/mol. The van der Waals surface area contributed by atoms with Crippen LogP contribution in [-0.4, -0.2) is 35.6 Å². The van der Waals surface area contributed by atoms with E-state index in [4.69, 9.17) is 23.7 Å². The Balaban J connectivity index is 2.17. The number of halogens is 3. The van der Waals surface area contributed by atoms with E-state index >= 15 is 0 Å². The van der Waals surface area contributed by atoms with E-state index in [2.05, 4.69) is 48.7 Å². The summed E-state index contributed by atoms with van der Waals surface area (Å²) in [4.78, 5) is 2.21. The minimum absolute atomic E-state index is 0.257. The Hall–Kier alpha value is -3.18. The third-order valence-electron chi connectivity index (χ3n) is 6.24. The molecule has 37 heavy (non-hydrogen) atoms. The van der Waals surface area contributed by atoms with E-state index in [-0.39, 0.29) is 17.0 Å². The van der Waals surface area contributed by atoms with Gasteiger partial charge in [0.25, 0.3) is 0 Å². The maximum Gasteiger partial charge on any atom is 0.393 e. The Morgan fingerprint density at radius 2 is 1.86 bits per heavy atom. The van der Waals surface area contributed by atoms with Gasteiger partial charge in [0, 0.05) is 40.8 Å². The first kappa shape index (κ1) is 30.0. The van der Waals surface area contributed by atoms with Gasteiger partial charge in [-0.05, 0) is 42.4 Å². The minimum atomic E-state index is -4.23. The summed E-state index contributed by atoms with van der Waals surface area (Å²) in [5.74, 6) is 5.93. The zero-order valence-corrected chi connectivity index (χ0v) is 22.3. The van der Waals surface area contributed by atoms with Crippen LogP contribution < -0.4 is 16.8 Å². The van der Waals surface area contributed by atoms with E-state index in [1.807, 2.05) is 0 Å². The first-order valence-electron chi connectivity index (χ1n) is 12.3. The number of nitrogens with two attached hydrogens (primary N) is 2. The van der Waals surface area contributed by atoms with Gasteiger partial charge < -0.3 is 21.7 Å². The molecule has 1 atom stereocenters. The molecule has 0 aromatic heterocycles. The topological polar surface area (TPSA) is 67.3 Å². The minimum Gasteiger partial charge on any atom is -0.402 e. The number of allylic oxidation sites excluding steroid dienone is 3. The third-order valence-corrected chi connectivity index (χ3v) is 6.38. The molecule has 1 aromatic rings. The highest BCUT2D eigenvalue weighted by molar-refractivity contribution is 7.79. The highest BCUT2D eigenvalue weighted by Crippen LogP contribution is 2.54. The summed E-state index contributed by atoms with van der Waals surface area (Å²) in [6.45, 7) is 15.8. The molecule has 1 aliphatic carbocycles. The molecule has 1 aromatic carbocycles. The van der Waals surface area contributed by atoms with Crippen molar-refractivity contribution in [3.8, 4) is 11.8 Å². The third kappa shape index (κ3) is 9.66. The Bertz CT molecular complexity index is 1070. The first-order chi connectivity index (χ1) is 17.4. The van der Waals surface area contributed by atoms with Gasteiger partial charge in [-0.25, -0.2) is 0 Å². The second-order valence-corrected chi connectivity index (χ2v) is 9.76. The average Bonchev–Trinajstić information content (AvgIpc) is 3.61.